The number of nitrogens with zero attached hydrogens (tertiary/aromatic N) is 2. The van der Waals surface area contributed by atoms with Crippen molar-refractivity contribution in [1.82, 2.24) is 14.8 Å². The topological polar surface area (TPSA) is 37.3 Å². The quantitative estimate of drug-likeness (QED) is 0.538. The number of hydrogen-bond donors (Lipinski definition) is 1. The van der Waals surface area contributed by atoms with Crippen molar-refractivity contribution in [3.63, 3.8) is 0 Å². The van der Waals surface area contributed by atoms with Gasteiger partial charge in [0.1, 0.15) is 5.69 Å². The smallest absolute Gasteiger partial charge is 0.268 e. The fraction of sp³-hybridized carbons (Fsp3) is 0.433. The number of aromatic nitrogens is 1. The van der Waals surface area contributed by atoms with Crippen molar-refractivity contribution in [2.75, 3.05) is 13.1 Å². The Kier molecular flexibility index (Phi) is 6.87. The number of likely N-dealkylation sites (tertiary alicyclic amines) is 1. The van der Waals surface area contributed by atoms with E-state index < -0.39 is 0 Å². The van der Waals surface area contributed by atoms with Crippen LogP contribution in [-0.2, 0) is 25.9 Å². The molecule has 0 radical (unpaired) electrons. The molecule has 2 aromatic carbocycles. The molecule has 2 heterocycles. The number of rotatable bonds is 6. The molecule has 5 rings (SSSR count). The van der Waals surface area contributed by atoms with Crippen molar-refractivity contribution < 1.29 is 4.79 Å². The van der Waals surface area contributed by atoms with Crippen LogP contribution in [0.5, 0.6) is 0 Å². The monoisotopic (exact) mass is 455 g/mol. The van der Waals surface area contributed by atoms with E-state index in [-0.39, 0.29) is 11.9 Å². The van der Waals surface area contributed by atoms with E-state index in [1.807, 2.05) is 0 Å². The number of hydrogen-bond acceptors (Lipinski definition) is 2. The molecule has 1 aliphatic heterocycles. The lowest BCUT2D eigenvalue weighted by atomic mass is 9.95. The number of fused-ring (bicyclic) bond motifs is 1. The lowest BCUT2D eigenvalue weighted by Gasteiger charge is -2.32. The molecule has 1 aromatic heterocycles. The third kappa shape index (κ3) is 4.97. The minimum Gasteiger partial charge on any atom is -0.348 e. The second kappa shape index (κ2) is 10.2. The number of benzene rings is 2. The third-order valence-electron chi connectivity index (χ3n) is 7.65. The molecule has 1 saturated heterocycles. The van der Waals surface area contributed by atoms with Gasteiger partial charge in [0.25, 0.3) is 5.91 Å². The summed E-state index contributed by atoms with van der Waals surface area (Å²) < 4.78 is 2.33. The summed E-state index contributed by atoms with van der Waals surface area (Å²) in [6.45, 7) is 8.12. The molecule has 1 N–H and O–H groups in total. The van der Waals surface area contributed by atoms with E-state index in [0.717, 1.165) is 57.6 Å². The summed E-state index contributed by atoms with van der Waals surface area (Å²) in [5.74, 6) is 0.112. The molecule has 1 amide bonds. The molecule has 1 aliphatic carbocycles. The molecular weight excluding hydrogens is 418 g/mol. The van der Waals surface area contributed by atoms with Crippen molar-refractivity contribution in [2.45, 2.75) is 71.5 Å². The first-order valence-corrected chi connectivity index (χ1v) is 12.9. The summed E-state index contributed by atoms with van der Waals surface area (Å²) in [4.78, 5) is 16.2. The first-order valence-electron chi connectivity index (χ1n) is 12.9. The predicted octanol–water partition coefficient (Wildman–Crippen LogP) is 5.43. The van der Waals surface area contributed by atoms with Gasteiger partial charge in [-0.3, -0.25) is 9.69 Å². The second-order valence-electron chi connectivity index (χ2n) is 10.2. The Labute approximate surface area is 204 Å². The Hall–Kier alpha value is -2.85. The van der Waals surface area contributed by atoms with Gasteiger partial charge in [0.05, 0.1) is 0 Å². The average molecular weight is 456 g/mol. The van der Waals surface area contributed by atoms with Gasteiger partial charge in [-0.15, -0.1) is 0 Å². The van der Waals surface area contributed by atoms with Crippen molar-refractivity contribution in [3.8, 4) is 0 Å². The Morgan fingerprint density at radius 3 is 2.41 bits per heavy atom. The van der Waals surface area contributed by atoms with Gasteiger partial charge in [-0.2, -0.15) is 0 Å². The van der Waals surface area contributed by atoms with Crippen molar-refractivity contribution in [3.05, 3.63) is 93.8 Å². The Morgan fingerprint density at radius 1 is 0.912 bits per heavy atom. The lowest BCUT2D eigenvalue weighted by molar-refractivity contribution is 0.0899. The highest BCUT2D eigenvalue weighted by Gasteiger charge is 2.28. The summed E-state index contributed by atoms with van der Waals surface area (Å²) >= 11 is 0. The predicted molar refractivity (Wildman–Crippen MR) is 138 cm³/mol. The van der Waals surface area contributed by atoms with E-state index in [0.29, 0.717) is 0 Å². The number of carbonyl (C=O) groups excluding carboxylic acids is 1. The van der Waals surface area contributed by atoms with Crippen molar-refractivity contribution in [1.29, 1.82) is 0 Å². The van der Waals surface area contributed by atoms with E-state index in [1.54, 1.807) is 0 Å². The minimum absolute atomic E-state index is 0.112. The van der Waals surface area contributed by atoms with Crippen LogP contribution in [0.25, 0.3) is 0 Å². The number of nitrogens with one attached hydrogen (secondary N) is 1. The van der Waals surface area contributed by atoms with E-state index in [2.05, 4.69) is 83.2 Å². The van der Waals surface area contributed by atoms with Gasteiger partial charge in [-0.05, 0) is 74.6 Å². The second-order valence-corrected chi connectivity index (χ2v) is 10.2. The normalized spacial score (nSPS) is 16.9. The molecule has 4 heteroatoms. The van der Waals surface area contributed by atoms with E-state index >= 15 is 0 Å². The molecule has 0 unspecified atom stereocenters. The molecule has 0 atom stereocenters. The van der Waals surface area contributed by atoms with Crippen LogP contribution in [0.2, 0.25) is 0 Å². The maximum Gasteiger partial charge on any atom is 0.268 e. The van der Waals surface area contributed by atoms with Gasteiger partial charge in [0.2, 0.25) is 0 Å². The highest BCUT2D eigenvalue weighted by Crippen LogP contribution is 2.31. The van der Waals surface area contributed by atoms with Crippen LogP contribution in [0.1, 0.15) is 69.7 Å². The fourth-order valence-electron chi connectivity index (χ4n) is 5.86. The summed E-state index contributed by atoms with van der Waals surface area (Å²) in [7, 11) is 0. The zero-order valence-corrected chi connectivity index (χ0v) is 20.6. The molecule has 178 valence electrons. The maximum absolute atomic E-state index is 13.7. The van der Waals surface area contributed by atoms with Crippen LogP contribution >= 0.6 is 0 Å². The van der Waals surface area contributed by atoms with E-state index in [9.17, 15) is 4.79 Å². The Bertz CT molecular complexity index is 1140. The number of amides is 1. The van der Waals surface area contributed by atoms with Crippen molar-refractivity contribution in [2.24, 2.45) is 0 Å². The molecule has 2 aliphatic rings. The van der Waals surface area contributed by atoms with E-state index in [1.165, 1.54) is 46.4 Å². The van der Waals surface area contributed by atoms with Crippen LogP contribution in [0.15, 0.2) is 54.6 Å². The molecule has 0 spiro atoms. The minimum atomic E-state index is 0.112. The van der Waals surface area contributed by atoms with Gasteiger partial charge < -0.3 is 9.88 Å². The highest BCUT2D eigenvalue weighted by molar-refractivity contribution is 5.95. The molecule has 0 bridgehead atoms. The lowest BCUT2D eigenvalue weighted by Crippen LogP contribution is -2.45. The molecule has 1 fully saturated rings. The van der Waals surface area contributed by atoms with Crippen molar-refractivity contribution >= 4 is 5.91 Å². The standard InChI is InChI=1S/C30H37N3O/c1-22-9-8-12-25(19-22)21-33-28-14-7-6-13-27(28)23(2)29(33)30(34)31-26-15-17-32(18-16-26)20-24-10-4-3-5-11-24/h3-5,8-12,19,26H,6-7,13-18,20-21H2,1-2H3,(H,31,34). The number of aryl methyl sites for hydroxylation is 1. The molecule has 0 saturated carbocycles. The zero-order valence-electron chi connectivity index (χ0n) is 20.6. The van der Waals surface area contributed by atoms with Gasteiger partial charge in [0, 0.05) is 37.9 Å². The Morgan fingerprint density at radius 2 is 1.65 bits per heavy atom. The number of carbonyl (C=O) groups is 1. The van der Waals surface area contributed by atoms with Gasteiger partial charge in [0.15, 0.2) is 0 Å². The van der Waals surface area contributed by atoms with Crippen LogP contribution in [0.4, 0.5) is 0 Å². The summed E-state index contributed by atoms with van der Waals surface area (Å²) in [5, 5.41) is 3.42. The van der Waals surface area contributed by atoms with Gasteiger partial charge in [-0.1, -0.05) is 60.2 Å². The molecule has 34 heavy (non-hydrogen) atoms. The molecule has 4 nitrogen and oxygen atoms in total. The Balaban J connectivity index is 1.30. The van der Waals surface area contributed by atoms with E-state index in [4.69, 9.17) is 0 Å². The van der Waals surface area contributed by atoms with Crippen LogP contribution in [0, 0.1) is 13.8 Å². The largest absolute Gasteiger partial charge is 0.348 e. The summed E-state index contributed by atoms with van der Waals surface area (Å²) in [6, 6.07) is 19.6. The first-order chi connectivity index (χ1) is 16.6. The average Bonchev–Trinajstić information content (AvgIpc) is 3.13. The van der Waals surface area contributed by atoms with Gasteiger partial charge >= 0.3 is 0 Å². The van der Waals surface area contributed by atoms with Gasteiger partial charge in [-0.25, -0.2) is 0 Å². The summed E-state index contributed by atoms with van der Waals surface area (Å²) in [6.07, 6.45) is 6.63. The van der Waals surface area contributed by atoms with Crippen LogP contribution in [-0.4, -0.2) is 34.5 Å². The fourth-order valence-corrected chi connectivity index (χ4v) is 5.86. The maximum atomic E-state index is 13.7. The summed E-state index contributed by atoms with van der Waals surface area (Å²) in [5.41, 5.74) is 8.78. The third-order valence-corrected chi connectivity index (χ3v) is 7.65. The number of piperidine rings is 1. The molecule has 3 aromatic rings. The highest BCUT2D eigenvalue weighted by atomic mass is 16.2. The first kappa shape index (κ1) is 22.9. The van der Waals surface area contributed by atoms with Crippen LogP contribution < -0.4 is 5.32 Å². The SMILES string of the molecule is Cc1cccc(Cn2c3c(c(C)c2C(=O)NC2CCN(Cc4ccccc4)CC2)CCCC3)c1. The molecular formula is C30H37N3O. The van der Waals surface area contributed by atoms with Crippen LogP contribution in [0.3, 0.4) is 0 Å². The zero-order chi connectivity index (χ0) is 23.5.